The number of aromatic nitrogens is 2. The number of anilines is 1. The number of rotatable bonds is 6. The standard InChI is InChI=1S/C24H25ClN4O3/c1-16-12-20(13-17(2)21(16)25)32-24-22(29(30)31)23(26-15-27-24)28-10-8-19(9-11-28)14-18-6-4-3-5-7-18/h3-7,12-13,15,19H,8-11,14H2,1-2H3. The van der Waals surface area contributed by atoms with E-state index in [1.54, 1.807) is 12.1 Å². The molecule has 2 heterocycles. The third-order valence-electron chi connectivity index (χ3n) is 5.86. The molecule has 4 rings (SSSR count). The molecule has 1 aliphatic rings. The van der Waals surface area contributed by atoms with Gasteiger partial charge in [0.2, 0.25) is 5.82 Å². The maximum atomic E-state index is 12.0. The molecule has 1 saturated heterocycles. The second-order valence-corrected chi connectivity index (χ2v) is 8.58. The smallest absolute Gasteiger partial charge is 0.373 e. The van der Waals surface area contributed by atoms with Crippen LogP contribution in [0.4, 0.5) is 11.5 Å². The van der Waals surface area contributed by atoms with Gasteiger partial charge in [-0.15, -0.1) is 0 Å². The zero-order chi connectivity index (χ0) is 22.7. The molecule has 1 fully saturated rings. The van der Waals surface area contributed by atoms with Crippen LogP contribution in [0.15, 0.2) is 48.8 Å². The van der Waals surface area contributed by atoms with Gasteiger partial charge >= 0.3 is 11.6 Å². The van der Waals surface area contributed by atoms with E-state index in [1.165, 1.54) is 11.9 Å². The lowest BCUT2D eigenvalue weighted by Crippen LogP contribution is -2.35. The molecule has 3 aromatic rings. The van der Waals surface area contributed by atoms with Gasteiger partial charge < -0.3 is 9.64 Å². The highest BCUT2D eigenvalue weighted by Gasteiger charge is 2.31. The summed E-state index contributed by atoms with van der Waals surface area (Å²) in [7, 11) is 0. The van der Waals surface area contributed by atoms with Crippen molar-refractivity contribution >= 4 is 23.1 Å². The van der Waals surface area contributed by atoms with Crippen molar-refractivity contribution in [2.45, 2.75) is 33.1 Å². The van der Waals surface area contributed by atoms with E-state index in [2.05, 4.69) is 34.2 Å². The maximum Gasteiger partial charge on any atom is 0.373 e. The minimum absolute atomic E-state index is 0.0625. The molecule has 1 aliphatic heterocycles. The van der Waals surface area contributed by atoms with E-state index in [-0.39, 0.29) is 11.6 Å². The molecule has 0 N–H and O–H groups in total. The predicted molar refractivity (Wildman–Crippen MR) is 125 cm³/mol. The quantitative estimate of drug-likeness (QED) is 0.341. The third kappa shape index (κ3) is 4.83. The largest absolute Gasteiger partial charge is 0.434 e. The summed E-state index contributed by atoms with van der Waals surface area (Å²) in [6, 6.07) is 13.9. The van der Waals surface area contributed by atoms with Crippen LogP contribution in [-0.2, 0) is 6.42 Å². The Kier molecular flexibility index (Phi) is 6.55. The molecular weight excluding hydrogens is 428 g/mol. The second-order valence-electron chi connectivity index (χ2n) is 8.20. The number of hydrogen-bond acceptors (Lipinski definition) is 6. The zero-order valence-corrected chi connectivity index (χ0v) is 18.9. The Hall–Kier alpha value is -3.19. The van der Waals surface area contributed by atoms with Crippen molar-refractivity contribution < 1.29 is 9.66 Å². The normalized spacial score (nSPS) is 14.4. The molecule has 0 amide bonds. The van der Waals surface area contributed by atoms with Crippen molar-refractivity contribution in [3.63, 3.8) is 0 Å². The molecular formula is C24H25ClN4O3. The van der Waals surface area contributed by atoms with Crippen molar-refractivity contribution in [1.29, 1.82) is 0 Å². The third-order valence-corrected chi connectivity index (χ3v) is 6.45. The summed E-state index contributed by atoms with van der Waals surface area (Å²) in [5.74, 6) is 1.25. The fraction of sp³-hybridized carbons (Fsp3) is 0.333. The van der Waals surface area contributed by atoms with E-state index >= 15 is 0 Å². The summed E-state index contributed by atoms with van der Waals surface area (Å²) in [6.45, 7) is 5.13. The van der Waals surface area contributed by atoms with E-state index < -0.39 is 4.92 Å². The van der Waals surface area contributed by atoms with Crippen LogP contribution in [0, 0.1) is 29.9 Å². The molecule has 2 aromatic carbocycles. The highest BCUT2D eigenvalue weighted by Crippen LogP contribution is 2.38. The van der Waals surface area contributed by atoms with Gasteiger partial charge in [-0.05, 0) is 67.9 Å². The number of benzene rings is 2. The van der Waals surface area contributed by atoms with Crippen LogP contribution in [0.25, 0.3) is 0 Å². The van der Waals surface area contributed by atoms with E-state index in [0.29, 0.717) is 35.6 Å². The lowest BCUT2D eigenvalue weighted by molar-refractivity contribution is -0.385. The molecule has 0 atom stereocenters. The van der Waals surface area contributed by atoms with Gasteiger partial charge in [0.05, 0.1) is 4.92 Å². The number of hydrogen-bond donors (Lipinski definition) is 0. The van der Waals surface area contributed by atoms with Gasteiger partial charge in [0, 0.05) is 18.1 Å². The van der Waals surface area contributed by atoms with Gasteiger partial charge in [-0.3, -0.25) is 10.1 Å². The van der Waals surface area contributed by atoms with Gasteiger partial charge in [0.1, 0.15) is 12.1 Å². The summed E-state index contributed by atoms with van der Waals surface area (Å²) >= 11 is 6.23. The van der Waals surface area contributed by atoms with Crippen LogP contribution in [0.5, 0.6) is 11.6 Å². The highest BCUT2D eigenvalue weighted by molar-refractivity contribution is 6.32. The number of ether oxygens (including phenoxy) is 1. The molecule has 32 heavy (non-hydrogen) atoms. The first-order valence-electron chi connectivity index (χ1n) is 10.6. The van der Waals surface area contributed by atoms with Crippen LogP contribution in [0.3, 0.4) is 0 Å². The van der Waals surface area contributed by atoms with E-state index in [4.69, 9.17) is 16.3 Å². The Morgan fingerprint density at radius 3 is 2.41 bits per heavy atom. The topological polar surface area (TPSA) is 81.4 Å². The fourth-order valence-corrected chi connectivity index (χ4v) is 4.30. The Bertz CT molecular complexity index is 1090. The molecule has 166 valence electrons. The van der Waals surface area contributed by atoms with Gasteiger partial charge in [-0.1, -0.05) is 41.9 Å². The fourth-order valence-electron chi connectivity index (χ4n) is 4.19. The second kappa shape index (κ2) is 9.53. The average Bonchev–Trinajstić information content (AvgIpc) is 2.78. The minimum atomic E-state index is -0.462. The Morgan fingerprint density at radius 2 is 1.78 bits per heavy atom. The number of halogens is 1. The van der Waals surface area contributed by atoms with Crippen molar-refractivity contribution in [3.05, 3.63) is 80.6 Å². The Balaban J connectivity index is 1.53. The van der Waals surface area contributed by atoms with Crippen molar-refractivity contribution in [3.8, 4) is 11.6 Å². The molecule has 0 unspecified atom stereocenters. The molecule has 8 heteroatoms. The molecule has 0 aliphatic carbocycles. The first-order chi connectivity index (χ1) is 15.4. The van der Waals surface area contributed by atoms with Crippen LogP contribution >= 0.6 is 11.6 Å². The van der Waals surface area contributed by atoms with Crippen LogP contribution in [0.1, 0.15) is 29.5 Å². The molecule has 1 aromatic heterocycles. The van der Waals surface area contributed by atoms with Crippen LogP contribution < -0.4 is 9.64 Å². The van der Waals surface area contributed by atoms with Gasteiger partial charge in [-0.25, -0.2) is 4.98 Å². The van der Waals surface area contributed by atoms with E-state index in [1.807, 2.05) is 24.8 Å². The first-order valence-corrected chi connectivity index (χ1v) is 11.0. The first kappa shape index (κ1) is 22.0. The van der Waals surface area contributed by atoms with Gasteiger partial charge in [-0.2, -0.15) is 4.98 Å². The summed E-state index contributed by atoms with van der Waals surface area (Å²) in [5, 5.41) is 12.6. The van der Waals surface area contributed by atoms with Crippen LogP contribution in [0.2, 0.25) is 5.02 Å². The lowest BCUT2D eigenvalue weighted by Gasteiger charge is -2.32. The van der Waals surface area contributed by atoms with Crippen molar-refractivity contribution in [1.82, 2.24) is 9.97 Å². The summed E-state index contributed by atoms with van der Waals surface area (Å²) in [5.41, 5.74) is 2.78. The van der Waals surface area contributed by atoms with E-state index in [9.17, 15) is 10.1 Å². The molecule has 7 nitrogen and oxygen atoms in total. The Morgan fingerprint density at radius 1 is 1.12 bits per heavy atom. The average molecular weight is 453 g/mol. The number of nitro groups is 1. The van der Waals surface area contributed by atoms with E-state index in [0.717, 1.165) is 30.4 Å². The van der Waals surface area contributed by atoms with Gasteiger partial charge in [0.15, 0.2) is 0 Å². The molecule has 0 bridgehead atoms. The molecule has 0 saturated carbocycles. The molecule has 0 spiro atoms. The zero-order valence-electron chi connectivity index (χ0n) is 18.1. The summed E-state index contributed by atoms with van der Waals surface area (Å²) < 4.78 is 5.84. The maximum absolute atomic E-state index is 12.0. The predicted octanol–water partition coefficient (Wildman–Crippen LogP) is 5.91. The number of aryl methyl sites for hydroxylation is 2. The van der Waals surface area contributed by atoms with Crippen molar-refractivity contribution in [2.75, 3.05) is 18.0 Å². The summed E-state index contributed by atoms with van der Waals surface area (Å²) in [6.07, 6.45) is 4.23. The SMILES string of the molecule is Cc1cc(Oc2ncnc(N3CCC(Cc4ccccc4)CC3)c2[N+](=O)[O-])cc(C)c1Cl. The highest BCUT2D eigenvalue weighted by atomic mass is 35.5. The van der Waals surface area contributed by atoms with Crippen LogP contribution in [-0.4, -0.2) is 28.0 Å². The number of nitrogens with zero attached hydrogens (tertiary/aromatic N) is 4. The summed E-state index contributed by atoms with van der Waals surface area (Å²) in [4.78, 5) is 21.8. The van der Waals surface area contributed by atoms with Gasteiger partial charge in [0.25, 0.3) is 0 Å². The Labute approximate surface area is 192 Å². The number of piperidine rings is 1. The monoisotopic (exact) mass is 452 g/mol. The van der Waals surface area contributed by atoms with Crippen molar-refractivity contribution in [2.24, 2.45) is 5.92 Å². The molecule has 0 radical (unpaired) electrons. The minimum Gasteiger partial charge on any atom is -0.434 e. The lowest BCUT2D eigenvalue weighted by atomic mass is 9.90.